The molecule has 92 valence electrons. The standard InChI is InChI=1S/C14H24OS/c1-11(2)5-6-15-9-14-8-13(10-16-14)7-12(3)4/h8,10-12H,5-7,9H2,1-4H3. The Bertz CT molecular complexity index is 289. The molecule has 0 aliphatic heterocycles. The molecule has 0 fully saturated rings. The maximum atomic E-state index is 5.66. The van der Waals surface area contributed by atoms with Gasteiger partial charge in [-0.25, -0.2) is 0 Å². The second-order valence-corrected chi connectivity index (χ2v) is 6.25. The highest BCUT2D eigenvalue weighted by Gasteiger charge is 2.02. The van der Waals surface area contributed by atoms with Crippen LogP contribution < -0.4 is 0 Å². The fraction of sp³-hybridized carbons (Fsp3) is 0.714. The van der Waals surface area contributed by atoms with Crippen LogP contribution in [-0.2, 0) is 17.8 Å². The third-order valence-electron chi connectivity index (χ3n) is 2.44. The zero-order valence-electron chi connectivity index (χ0n) is 11.0. The normalized spacial score (nSPS) is 11.6. The van der Waals surface area contributed by atoms with Gasteiger partial charge in [0.05, 0.1) is 6.61 Å². The van der Waals surface area contributed by atoms with Crippen LogP contribution in [0.4, 0.5) is 0 Å². The van der Waals surface area contributed by atoms with E-state index >= 15 is 0 Å². The average Bonchev–Trinajstić information content (AvgIpc) is 2.59. The minimum atomic E-state index is 0.736. The Labute approximate surface area is 104 Å². The zero-order chi connectivity index (χ0) is 12.0. The van der Waals surface area contributed by atoms with Crippen LogP contribution in [-0.4, -0.2) is 6.61 Å². The smallest absolute Gasteiger partial charge is 0.0809 e. The van der Waals surface area contributed by atoms with Crippen LogP contribution in [0.1, 0.15) is 44.6 Å². The molecule has 1 rings (SSSR count). The molecule has 1 aromatic rings. The number of hydrogen-bond donors (Lipinski definition) is 0. The van der Waals surface area contributed by atoms with E-state index in [9.17, 15) is 0 Å². The van der Waals surface area contributed by atoms with Crippen molar-refractivity contribution in [3.05, 3.63) is 21.9 Å². The first kappa shape index (κ1) is 13.7. The lowest BCUT2D eigenvalue weighted by Crippen LogP contribution is -1.98. The van der Waals surface area contributed by atoms with Gasteiger partial charge in [0.25, 0.3) is 0 Å². The predicted octanol–water partition coefficient (Wildman–Crippen LogP) is 4.51. The quantitative estimate of drug-likeness (QED) is 0.637. The van der Waals surface area contributed by atoms with Crippen molar-refractivity contribution in [3.8, 4) is 0 Å². The van der Waals surface area contributed by atoms with Crippen molar-refractivity contribution in [2.24, 2.45) is 11.8 Å². The van der Waals surface area contributed by atoms with Crippen LogP contribution in [0, 0.1) is 11.8 Å². The molecule has 0 saturated heterocycles. The van der Waals surface area contributed by atoms with Gasteiger partial charge in [-0.1, -0.05) is 27.7 Å². The molecule has 1 nitrogen and oxygen atoms in total. The highest BCUT2D eigenvalue weighted by Crippen LogP contribution is 2.18. The van der Waals surface area contributed by atoms with E-state index in [1.807, 2.05) is 11.3 Å². The Morgan fingerprint density at radius 3 is 2.56 bits per heavy atom. The van der Waals surface area contributed by atoms with Gasteiger partial charge >= 0.3 is 0 Å². The first-order chi connectivity index (χ1) is 7.58. The van der Waals surface area contributed by atoms with Crippen molar-refractivity contribution in [1.82, 2.24) is 0 Å². The fourth-order valence-corrected chi connectivity index (χ4v) is 2.41. The summed E-state index contributed by atoms with van der Waals surface area (Å²) in [7, 11) is 0. The summed E-state index contributed by atoms with van der Waals surface area (Å²) < 4.78 is 5.66. The van der Waals surface area contributed by atoms with E-state index in [2.05, 4.69) is 39.1 Å². The van der Waals surface area contributed by atoms with Crippen molar-refractivity contribution in [2.45, 2.75) is 47.1 Å². The van der Waals surface area contributed by atoms with Crippen LogP contribution in [0.2, 0.25) is 0 Å². The van der Waals surface area contributed by atoms with Gasteiger partial charge in [-0.05, 0) is 41.7 Å². The summed E-state index contributed by atoms with van der Waals surface area (Å²) in [4.78, 5) is 1.36. The van der Waals surface area contributed by atoms with E-state index in [-0.39, 0.29) is 0 Å². The van der Waals surface area contributed by atoms with Crippen molar-refractivity contribution in [3.63, 3.8) is 0 Å². The van der Waals surface area contributed by atoms with Crippen LogP contribution in [0.5, 0.6) is 0 Å². The summed E-state index contributed by atoms with van der Waals surface area (Å²) in [5.41, 5.74) is 1.46. The summed E-state index contributed by atoms with van der Waals surface area (Å²) in [6, 6.07) is 2.29. The van der Waals surface area contributed by atoms with E-state index in [0.29, 0.717) is 0 Å². The maximum absolute atomic E-state index is 5.66. The topological polar surface area (TPSA) is 9.23 Å². The maximum Gasteiger partial charge on any atom is 0.0809 e. The summed E-state index contributed by atoms with van der Waals surface area (Å²) in [5, 5.41) is 2.27. The molecule has 1 heterocycles. The third-order valence-corrected chi connectivity index (χ3v) is 3.39. The number of rotatable bonds is 7. The third kappa shape index (κ3) is 5.66. The molecular weight excluding hydrogens is 216 g/mol. The molecule has 0 aliphatic carbocycles. The zero-order valence-corrected chi connectivity index (χ0v) is 11.8. The van der Waals surface area contributed by atoms with Gasteiger partial charge in [0, 0.05) is 11.5 Å². The van der Waals surface area contributed by atoms with Gasteiger partial charge < -0.3 is 4.74 Å². The lowest BCUT2D eigenvalue weighted by atomic mass is 10.1. The summed E-state index contributed by atoms with van der Waals surface area (Å²) in [5.74, 6) is 1.48. The van der Waals surface area contributed by atoms with Gasteiger partial charge in [-0.2, -0.15) is 0 Å². The predicted molar refractivity (Wildman–Crippen MR) is 72.0 cm³/mol. The van der Waals surface area contributed by atoms with Gasteiger partial charge in [0.1, 0.15) is 0 Å². The fourth-order valence-electron chi connectivity index (χ4n) is 1.57. The lowest BCUT2D eigenvalue weighted by molar-refractivity contribution is 0.112. The van der Waals surface area contributed by atoms with Crippen molar-refractivity contribution < 1.29 is 4.74 Å². The molecule has 0 aromatic carbocycles. The lowest BCUT2D eigenvalue weighted by Gasteiger charge is -2.04. The molecule has 0 saturated carbocycles. The van der Waals surface area contributed by atoms with Crippen molar-refractivity contribution in [2.75, 3.05) is 6.61 Å². The molecule has 0 amide bonds. The SMILES string of the molecule is CC(C)CCOCc1cc(CC(C)C)cs1. The molecule has 0 atom stereocenters. The Kier molecular flexibility index (Phi) is 6.07. The first-order valence-electron chi connectivity index (χ1n) is 6.22. The van der Waals surface area contributed by atoms with E-state index in [1.165, 1.54) is 16.9 Å². The van der Waals surface area contributed by atoms with Crippen LogP contribution in [0.15, 0.2) is 11.4 Å². The van der Waals surface area contributed by atoms with E-state index in [0.717, 1.165) is 31.5 Å². The minimum absolute atomic E-state index is 0.736. The van der Waals surface area contributed by atoms with Gasteiger partial charge in [0.2, 0.25) is 0 Å². The highest BCUT2D eigenvalue weighted by molar-refractivity contribution is 7.10. The molecule has 0 radical (unpaired) electrons. The van der Waals surface area contributed by atoms with Crippen molar-refractivity contribution >= 4 is 11.3 Å². The Hall–Kier alpha value is -0.340. The van der Waals surface area contributed by atoms with E-state index in [4.69, 9.17) is 4.74 Å². The Morgan fingerprint density at radius 2 is 1.94 bits per heavy atom. The summed E-state index contributed by atoms with van der Waals surface area (Å²) >= 11 is 1.83. The van der Waals surface area contributed by atoms with Crippen LogP contribution in [0.25, 0.3) is 0 Å². The molecule has 0 spiro atoms. The second-order valence-electron chi connectivity index (χ2n) is 5.25. The molecule has 2 heteroatoms. The Morgan fingerprint density at radius 1 is 1.19 bits per heavy atom. The first-order valence-corrected chi connectivity index (χ1v) is 7.10. The molecule has 0 bridgehead atoms. The molecule has 0 aliphatic rings. The molecule has 0 N–H and O–H groups in total. The average molecular weight is 240 g/mol. The van der Waals surface area contributed by atoms with E-state index < -0.39 is 0 Å². The molecular formula is C14H24OS. The number of ether oxygens (including phenoxy) is 1. The largest absolute Gasteiger partial charge is 0.376 e. The number of hydrogen-bond acceptors (Lipinski definition) is 2. The van der Waals surface area contributed by atoms with Gasteiger partial charge in [-0.3, -0.25) is 0 Å². The Balaban J connectivity index is 2.24. The molecule has 16 heavy (non-hydrogen) atoms. The second kappa shape index (κ2) is 7.08. The van der Waals surface area contributed by atoms with Gasteiger partial charge in [-0.15, -0.1) is 11.3 Å². The number of thiophene rings is 1. The minimum Gasteiger partial charge on any atom is -0.376 e. The highest BCUT2D eigenvalue weighted by atomic mass is 32.1. The van der Waals surface area contributed by atoms with Crippen LogP contribution in [0.3, 0.4) is 0 Å². The molecule has 1 aromatic heterocycles. The monoisotopic (exact) mass is 240 g/mol. The molecule has 0 unspecified atom stereocenters. The van der Waals surface area contributed by atoms with E-state index in [1.54, 1.807) is 0 Å². The van der Waals surface area contributed by atoms with Crippen LogP contribution >= 0.6 is 11.3 Å². The van der Waals surface area contributed by atoms with Gasteiger partial charge in [0.15, 0.2) is 0 Å². The van der Waals surface area contributed by atoms with Crippen molar-refractivity contribution in [1.29, 1.82) is 0 Å². The summed E-state index contributed by atoms with van der Waals surface area (Å²) in [6.45, 7) is 10.7. The summed E-state index contributed by atoms with van der Waals surface area (Å²) in [6.07, 6.45) is 2.34.